The second-order valence-corrected chi connectivity index (χ2v) is 12.7. The zero-order valence-corrected chi connectivity index (χ0v) is 24.4. The van der Waals surface area contributed by atoms with Crippen LogP contribution in [-0.4, -0.2) is 62.3 Å². The van der Waals surface area contributed by atoms with Gasteiger partial charge in [0.1, 0.15) is 0 Å². The van der Waals surface area contributed by atoms with Gasteiger partial charge in [-0.2, -0.15) is 0 Å². The summed E-state index contributed by atoms with van der Waals surface area (Å²) in [5.41, 5.74) is -0.191. The van der Waals surface area contributed by atoms with E-state index in [0.29, 0.717) is 38.8 Å². The van der Waals surface area contributed by atoms with Gasteiger partial charge in [-0.05, 0) is 57.8 Å². The Kier molecular flexibility index (Phi) is 11.9. The third-order valence-electron chi connectivity index (χ3n) is 8.06. The fourth-order valence-corrected chi connectivity index (χ4v) is 5.64. The molecule has 7 heteroatoms. The highest BCUT2D eigenvalue weighted by atomic mass is 16.7. The van der Waals surface area contributed by atoms with Crippen LogP contribution in [0.25, 0.3) is 0 Å². The van der Waals surface area contributed by atoms with Gasteiger partial charge in [-0.15, -0.1) is 0 Å². The van der Waals surface area contributed by atoms with Gasteiger partial charge < -0.3 is 28.8 Å². The summed E-state index contributed by atoms with van der Waals surface area (Å²) in [6, 6.07) is 0. The van der Waals surface area contributed by atoms with E-state index in [-0.39, 0.29) is 35.6 Å². The third-order valence-corrected chi connectivity index (χ3v) is 8.06. The Morgan fingerprint density at radius 3 is 2.58 bits per heavy atom. The molecular formula is C31H52O7. The molecule has 1 N–H and O–H groups in total. The summed E-state index contributed by atoms with van der Waals surface area (Å²) in [7, 11) is 0. The minimum atomic E-state index is -0.743. The minimum absolute atomic E-state index is 0.0125. The maximum atomic E-state index is 10.8. The lowest BCUT2D eigenvalue weighted by Gasteiger charge is -2.45. The van der Waals surface area contributed by atoms with Crippen LogP contribution in [0.1, 0.15) is 92.4 Å². The predicted octanol–water partition coefficient (Wildman–Crippen LogP) is 6.51. The zero-order valence-electron chi connectivity index (χ0n) is 24.4. The molecule has 0 radical (unpaired) electrons. The highest BCUT2D eigenvalue weighted by Gasteiger charge is 2.52. The molecule has 0 aromatic rings. The van der Waals surface area contributed by atoms with E-state index in [0.717, 1.165) is 51.6 Å². The number of ether oxygens (including phenoxy) is 5. The fraction of sp³-hybridized carbons (Fsp3) is 0.839. The quantitative estimate of drug-likeness (QED) is 0.200. The minimum Gasteiger partial charge on any atom is -0.481 e. The smallest absolute Gasteiger partial charge is 0.303 e. The van der Waals surface area contributed by atoms with E-state index in [1.165, 1.54) is 0 Å². The molecule has 218 valence electrons. The molecule has 0 aromatic heterocycles. The number of carboxylic acids is 1. The van der Waals surface area contributed by atoms with Crippen molar-refractivity contribution in [1.82, 2.24) is 0 Å². The van der Waals surface area contributed by atoms with Crippen molar-refractivity contribution >= 4 is 5.97 Å². The lowest BCUT2D eigenvalue weighted by molar-refractivity contribution is -0.315. The summed E-state index contributed by atoms with van der Waals surface area (Å²) in [4.78, 5) is 10.8. The monoisotopic (exact) mass is 536 g/mol. The van der Waals surface area contributed by atoms with Crippen LogP contribution in [0.2, 0.25) is 0 Å². The van der Waals surface area contributed by atoms with Crippen LogP contribution < -0.4 is 0 Å². The Labute approximate surface area is 230 Å². The Morgan fingerprint density at radius 2 is 1.92 bits per heavy atom. The average molecular weight is 537 g/mol. The van der Waals surface area contributed by atoms with Crippen molar-refractivity contribution in [2.24, 2.45) is 22.7 Å². The zero-order chi connectivity index (χ0) is 27.7. The predicted molar refractivity (Wildman–Crippen MR) is 148 cm³/mol. The van der Waals surface area contributed by atoms with E-state index in [2.05, 4.69) is 52.0 Å². The van der Waals surface area contributed by atoms with Crippen molar-refractivity contribution in [3.63, 3.8) is 0 Å². The number of unbranched alkanes of at least 4 members (excludes halogenated alkanes) is 1. The first-order chi connectivity index (χ1) is 18.1. The van der Waals surface area contributed by atoms with Crippen molar-refractivity contribution in [1.29, 1.82) is 0 Å². The van der Waals surface area contributed by atoms with Crippen LogP contribution in [0.15, 0.2) is 24.3 Å². The average Bonchev–Trinajstić information content (AvgIpc) is 3.22. The van der Waals surface area contributed by atoms with E-state index in [4.69, 9.17) is 28.8 Å². The molecule has 1 saturated carbocycles. The van der Waals surface area contributed by atoms with Crippen LogP contribution in [0.5, 0.6) is 0 Å². The summed E-state index contributed by atoms with van der Waals surface area (Å²) >= 11 is 0. The van der Waals surface area contributed by atoms with Crippen molar-refractivity contribution in [3.8, 4) is 0 Å². The van der Waals surface area contributed by atoms with Crippen molar-refractivity contribution in [2.75, 3.05) is 33.0 Å². The fourth-order valence-electron chi connectivity index (χ4n) is 5.64. The standard InChI is InChI=1S/C31H52O7/c1-6-34-23-30(4,5)26(38-28-15-11-12-20-35-28)17-16-24-18-19-31(36-21-29(2,3)22-37-31)25(24)13-9-7-8-10-14-27(32)33/h7,9,16-17,24-26,28H,6,8,10-15,18-23H2,1-5H3,(H,32,33)/t24-,25+,26?,28?/m1/s1. The van der Waals surface area contributed by atoms with Crippen LogP contribution in [0.3, 0.4) is 0 Å². The van der Waals surface area contributed by atoms with Gasteiger partial charge in [0.15, 0.2) is 12.1 Å². The molecule has 1 aliphatic carbocycles. The highest BCUT2D eigenvalue weighted by molar-refractivity contribution is 5.66. The van der Waals surface area contributed by atoms with Gasteiger partial charge in [0.2, 0.25) is 0 Å². The molecule has 2 heterocycles. The summed E-state index contributed by atoms with van der Waals surface area (Å²) < 4.78 is 31.3. The third kappa shape index (κ3) is 9.16. The van der Waals surface area contributed by atoms with Crippen molar-refractivity contribution in [3.05, 3.63) is 24.3 Å². The Hall–Kier alpha value is -1.25. The number of carbonyl (C=O) groups is 1. The van der Waals surface area contributed by atoms with Gasteiger partial charge in [0.05, 0.1) is 25.9 Å². The van der Waals surface area contributed by atoms with Gasteiger partial charge >= 0.3 is 5.97 Å². The first kappa shape index (κ1) is 31.3. The second-order valence-electron chi connectivity index (χ2n) is 12.7. The molecule has 0 aromatic carbocycles. The van der Waals surface area contributed by atoms with Gasteiger partial charge in [-0.1, -0.05) is 52.0 Å². The number of carboxylic acid groups (broad SMARTS) is 1. The molecule has 0 bridgehead atoms. The molecule has 7 nitrogen and oxygen atoms in total. The summed E-state index contributed by atoms with van der Waals surface area (Å²) in [6.07, 6.45) is 16.0. The highest BCUT2D eigenvalue weighted by Crippen LogP contribution is 2.50. The van der Waals surface area contributed by atoms with E-state index in [9.17, 15) is 4.79 Å². The van der Waals surface area contributed by atoms with E-state index >= 15 is 0 Å². The number of hydrogen-bond donors (Lipinski definition) is 1. The molecule has 3 fully saturated rings. The maximum Gasteiger partial charge on any atom is 0.303 e. The molecule has 3 aliphatic rings. The van der Waals surface area contributed by atoms with E-state index < -0.39 is 11.8 Å². The Balaban J connectivity index is 1.74. The molecule has 3 rings (SSSR count). The molecule has 2 aliphatic heterocycles. The van der Waals surface area contributed by atoms with Crippen LogP contribution in [-0.2, 0) is 28.5 Å². The Bertz CT molecular complexity index is 771. The molecule has 2 saturated heterocycles. The lowest BCUT2D eigenvalue weighted by atomic mass is 9.83. The first-order valence-corrected chi connectivity index (χ1v) is 14.7. The topological polar surface area (TPSA) is 83.5 Å². The van der Waals surface area contributed by atoms with Crippen LogP contribution >= 0.6 is 0 Å². The van der Waals surface area contributed by atoms with Crippen molar-refractivity contribution < 1.29 is 33.6 Å². The van der Waals surface area contributed by atoms with E-state index in [1.54, 1.807) is 0 Å². The number of allylic oxidation sites excluding steroid dienone is 3. The summed E-state index contributed by atoms with van der Waals surface area (Å²) in [5, 5.41) is 8.91. The van der Waals surface area contributed by atoms with Gasteiger partial charge in [-0.25, -0.2) is 0 Å². The van der Waals surface area contributed by atoms with Crippen LogP contribution in [0.4, 0.5) is 0 Å². The second kappa shape index (κ2) is 14.4. The number of rotatable bonds is 14. The maximum absolute atomic E-state index is 10.8. The normalized spacial score (nSPS) is 28.4. The number of hydrogen-bond acceptors (Lipinski definition) is 6. The van der Waals surface area contributed by atoms with Crippen LogP contribution in [0, 0.1) is 22.7 Å². The van der Waals surface area contributed by atoms with Gasteiger partial charge in [-0.3, -0.25) is 4.79 Å². The van der Waals surface area contributed by atoms with Gasteiger partial charge in [0, 0.05) is 42.8 Å². The SMILES string of the molecule is CCOCC(C)(C)C(C=C[C@@H]1CCC2(OCC(C)(C)CO2)[C@H]1CC=CCCCC(=O)O)OC1CCCCO1. The Morgan fingerprint density at radius 1 is 1.16 bits per heavy atom. The summed E-state index contributed by atoms with van der Waals surface area (Å²) in [6.45, 7) is 14.2. The lowest BCUT2D eigenvalue weighted by Crippen LogP contribution is -2.50. The molecule has 0 amide bonds. The summed E-state index contributed by atoms with van der Waals surface area (Å²) in [5.74, 6) is -0.833. The van der Waals surface area contributed by atoms with Gasteiger partial charge in [0.25, 0.3) is 0 Å². The molecule has 38 heavy (non-hydrogen) atoms. The molecular weight excluding hydrogens is 484 g/mol. The first-order valence-electron chi connectivity index (χ1n) is 14.7. The van der Waals surface area contributed by atoms with E-state index in [1.807, 2.05) is 6.92 Å². The molecule has 4 atom stereocenters. The molecule has 2 unspecified atom stereocenters. The number of aliphatic carboxylic acids is 1. The largest absolute Gasteiger partial charge is 0.481 e. The molecule has 1 spiro atoms. The van der Waals surface area contributed by atoms with Crippen molar-refractivity contribution in [2.45, 2.75) is 111 Å².